The lowest BCUT2D eigenvalue weighted by Gasteiger charge is -2.70. The van der Waals surface area contributed by atoms with E-state index in [1.54, 1.807) is 11.0 Å². The summed E-state index contributed by atoms with van der Waals surface area (Å²) in [6, 6.07) is 24.8. The van der Waals surface area contributed by atoms with Crippen LogP contribution in [0.1, 0.15) is 35.1 Å². The quantitative estimate of drug-likeness (QED) is 0.421. The highest BCUT2D eigenvalue weighted by atomic mass is 16.5. The molecule has 2 spiro atoms. The monoisotopic (exact) mass is 562 g/mol. The minimum absolute atomic E-state index is 0.0320. The third kappa shape index (κ3) is 3.36. The van der Waals surface area contributed by atoms with Crippen molar-refractivity contribution >= 4 is 5.91 Å². The minimum Gasteiger partial charge on any atom is -0.504 e. The first kappa shape index (κ1) is 26.1. The van der Waals surface area contributed by atoms with E-state index < -0.39 is 23.0 Å². The zero-order valence-electron chi connectivity index (χ0n) is 24.1. The number of rotatable bonds is 7. The molecule has 42 heavy (non-hydrogen) atoms. The van der Waals surface area contributed by atoms with Crippen molar-refractivity contribution < 1.29 is 19.7 Å². The molecule has 6 aliphatic rings. The second-order valence-corrected chi connectivity index (χ2v) is 13.2. The van der Waals surface area contributed by atoms with Gasteiger partial charge in [-0.3, -0.25) is 9.69 Å². The molecule has 1 saturated carbocycles. The summed E-state index contributed by atoms with van der Waals surface area (Å²) in [5, 5.41) is 23.5. The van der Waals surface area contributed by atoms with E-state index in [0.29, 0.717) is 18.7 Å². The van der Waals surface area contributed by atoms with Gasteiger partial charge in [-0.25, -0.2) is 0 Å². The molecule has 2 aliphatic heterocycles. The van der Waals surface area contributed by atoms with E-state index in [4.69, 9.17) is 4.74 Å². The van der Waals surface area contributed by atoms with Gasteiger partial charge in [0, 0.05) is 37.2 Å². The predicted octanol–water partition coefficient (Wildman–Crippen LogP) is 4.27. The maximum absolute atomic E-state index is 14.2. The normalized spacial score (nSPS) is 33.2. The van der Waals surface area contributed by atoms with Crippen molar-refractivity contribution in [3.63, 3.8) is 0 Å². The molecule has 0 aromatic heterocycles. The van der Waals surface area contributed by atoms with Crippen LogP contribution < -0.4 is 4.74 Å². The van der Waals surface area contributed by atoms with Gasteiger partial charge < -0.3 is 19.8 Å². The van der Waals surface area contributed by atoms with Crippen LogP contribution in [0.25, 0.3) is 0 Å². The zero-order chi connectivity index (χ0) is 28.7. The number of hydrogen-bond acceptors (Lipinski definition) is 5. The number of benzene rings is 3. The van der Waals surface area contributed by atoms with Gasteiger partial charge >= 0.3 is 0 Å². The van der Waals surface area contributed by atoms with Gasteiger partial charge in [0.2, 0.25) is 5.91 Å². The average Bonchev–Trinajstić information content (AvgIpc) is 3.39. The summed E-state index contributed by atoms with van der Waals surface area (Å²) in [6.45, 7) is 2.42. The Bertz CT molecular complexity index is 1570. The molecule has 2 fully saturated rings. The number of hydrogen-bond donors (Lipinski definition) is 2. The van der Waals surface area contributed by atoms with E-state index in [-0.39, 0.29) is 23.1 Å². The summed E-state index contributed by atoms with van der Waals surface area (Å²) in [5.74, 6) is 0.000622. The number of phenolic OH excluding ortho intramolecular Hbond substituents is 1. The minimum atomic E-state index is -1.45. The van der Waals surface area contributed by atoms with E-state index in [1.807, 2.05) is 31.3 Å². The highest BCUT2D eigenvalue weighted by molar-refractivity contribution is 5.82. The number of amides is 1. The first-order valence-corrected chi connectivity index (χ1v) is 15.4. The van der Waals surface area contributed by atoms with Crippen LogP contribution in [0.15, 0.2) is 84.9 Å². The maximum Gasteiger partial charge on any atom is 0.228 e. The Hall–Kier alpha value is -3.61. The second kappa shape index (κ2) is 9.19. The predicted molar refractivity (Wildman–Crippen MR) is 160 cm³/mol. The first-order valence-electron chi connectivity index (χ1n) is 15.4. The van der Waals surface area contributed by atoms with Crippen LogP contribution in [-0.2, 0) is 29.5 Å². The molecular formula is C36H38N2O4. The number of carbonyl (C=O) groups excluding carboxylic acids is 1. The van der Waals surface area contributed by atoms with Crippen molar-refractivity contribution in [2.45, 2.75) is 55.3 Å². The molecule has 6 nitrogen and oxygen atoms in total. The molecule has 0 unspecified atom stereocenters. The lowest BCUT2D eigenvalue weighted by atomic mass is 9.37. The molecular weight excluding hydrogens is 524 g/mol. The fourth-order valence-electron chi connectivity index (χ4n) is 9.42. The van der Waals surface area contributed by atoms with Crippen LogP contribution in [0.5, 0.6) is 11.5 Å². The SMILES string of the molecule is CN(CCc1ccccc1)C(=O)[C@H]1C[C@@]23C=C[C@@]1(O)[C@@H]1Oc4c(O)ccc5c4[C@@]12CCN(CCc1ccccc1)[C@@H]3C5. The number of likely N-dealkylation sites (N-methyl/N-ethyl adjacent to an activating group) is 1. The third-order valence-corrected chi connectivity index (χ3v) is 11.4. The number of ether oxygens (including phenoxy) is 1. The van der Waals surface area contributed by atoms with Crippen molar-refractivity contribution in [1.29, 1.82) is 0 Å². The highest BCUT2D eigenvalue weighted by Gasteiger charge is 2.79. The Morgan fingerprint density at radius 1 is 1.00 bits per heavy atom. The third-order valence-electron chi connectivity index (χ3n) is 11.4. The summed E-state index contributed by atoms with van der Waals surface area (Å²) in [4.78, 5) is 18.7. The summed E-state index contributed by atoms with van der Waals surface area (Å²) < 4.78 is 6.65. The van der Waals surface area contributed by atoms with Crippen LogP contribution in [0.3, 0.4) is 0 Å². The Labute approximate surface area is 247 Å². The van der Waals surface area contributed by atoms with Crippen molar-refractivity contribution in [2.24, 2.45) is 11.3 Å². The van der Waals surface area contributed by atoms with E-state index >= 15 is 0 Å². The summed E-state index contributed by atoms with van der Waals surface area (Å²) in [6.07, 6.45) is 7.50. The molecule has 6 atom stereocenters. The highest BCUT2D eigenvalue weighted by Crippen LogP contribution is 2.74. The van der Waals surface area contributed by atoms with E-state index in [1.165, 1.54) is 16.7 Å². The van der Waals surface area contributed by atoms with Gasteiger partial charge in [-0.1, -0.05) is 78.9 Å². The van der Waals surface area contributed by atoms with E-state index in [0.717, 1.165) is 44.3 Å². The number of fused-ring (bicyclic) bond motifs is 1. The lowest BCUT2D eigenvalue weighted by Crippen LogP contribution is -2.80. The van der Waals surface area contributed by atoms with Crippen molar-refractivity contribution in [1.82, 2.24) is 9.80 Å². The fraction of sp³-hybridized carbons (Fsp3) is 0.417. The summed E-state index contributed by atoms with van der Waals surface area (Å²) in [5.41, 5.74) is 2.51. The Morgan fingerprint density at radius 2 is 1.71 bits per heavy atom. The molecule has 3 aromatic carbocycles. The molecule has 3 aromatic rings. The molecule has 0 radical (unpaired) electrons. The molecule has 2 N–H and O–H groups in total. The zero-order valence-corrected chi connectivity index (χ0v) is 24.1. The fourth-order valence-corrected chi connectivity index (χ4v) is 9.42. The molecule has 6 heteroatoms. The smallest absolute Gasteiger partial charge is 0.228 e. The number of carbonyl (C=O) groups is 1. The summed E-state index contributed by atoms with van der Waals surface area (Å²) in [7, 11) is 1.86. The van der Waals surface area contributed by atoms with Crippen LogP contribution in [-0.4, -0.2) is 70.3 Å². The number of piperidine rings is 1. The molecule has 2 heterocycles. The number of phenols is 1. The number of aliphatic hydroxyl groups is 1. The van der Waals surface area contributed by atoms with Crippen LogP contribution in [0.2, 0.25) is 0 Å². The van der Waals surface area contributed by atoms with Gasteiger partial charge in [-0.05, 0) is 61.4 Å². The van der Waals surface area contributed by atoms with Gasteiger partial charge in [0.1, 0.15) is 11.7 Å². The average molecular weight is 563 g/mol. The van der Waals surface area contributed by atoms with Gasteiger partial charge in [0.05, 0.1) is 11.3 Å². The molecule has 4 bridgehead atoms. The molecule has 9 rings (SSSR count). The Kier molecular flexibility index (Phi) is 5.70. The van der Waals surface area contributed by atoms with Gasteiger partial charge in [-0.2, -0.15) is 0 Å². The largest absolute Gasteiger partial charge is 0.504 e. The first-order chi connectivity index (χ1) is 20.4. The lowest BCUT2D eigenvalue weighted by molar-refractivity contribution is -0.209. The molecule has 1 saturated heterocycles. The second-order valence-electron chi connectivity index (χ2n) is 13.2. The van der Waals surface area contributed by atoms with Crippen LogP contribution in [0, 0.1) is 11.3 Å². The maximum atomic E-state index is 14.2. The van der Waals surface area contributed by atoms with Crippen molar-refractivity contribution in [3.05, 3.63) is 107 Å². The molecule has 4 aliphatic carbocycles. The van der Waals surface area contributed by atoms with Crippen molar-refractivity contribution in [2.75, 3.05) is 26.7 Å². The van der Waals surface area contributed by atoms with Crippen molar-refractivity contribution in [3.8, 4) is 11.5 Å². The number of likely N-dealkylation sites (tertiary alicyclic amines) is 1. The van der Waals surface area contributed by atoms with Gasteiger partial charge in [-0.15, -0.1) is 0 Å². The standard InChI is InChI=1S/C36H38N2O4/c1-37(19-14-24-8-4-2-5-9-24)32(40)27-23-34-16-17-36(27,41)33-35(34)18-21-38(20-15-25-10-6-3-7-11-25)29(34)22-26-12-13-28(39)31(42-33)30(26)35/h2-13,16-17,27,29,33,39,41H,14-15,18-23H2,1H3/t27-,29-,33-,34-,35+,36+/m1/s1. The van der Waals surface area contributed by atoms with Gasteiger partial charge in [0.15, 0.2) is 11.5 Å². The van der Waals surface area contributed by atoms with E-state index in [9.17, 15) is 15.0 Å². The molecule has 1 amide bonds. The van der Waals surface area contributed by atoms with E-state index in [2.05, 4.69) is 59.5 Å². The Balaban J connectivity index is 1.17. The van der Waals surface area contributed by atoms with Crippen LogP contribution >= 0.6 is 0 Å². The number of aromatic hydroxyl groups is 1. The Morgan fingerprint density at radius 3 is 2.45 bits per heavy atom. The van der Waals surface area contributed by atoms with Crippen LogP contribution in [0.4, 0.5) is 0 Å². The summed E-state index contributed by atoms with van der Waals surface area (Å²) >= 11 is 0. The topological polar surface area (TPSA) is 73.2 Å². The molecule has 216 valence electrons. The number of nitrogens with zero attached hydrogens (tertiary/aromatic N) is 2. The van der Waals surface area contributed by atoms with Gasteiger partial charge in [0.25, 0.3) is 0 Å².